The summed E-state index contributed by atoms with van der Waals surface area (Å²) >= 11 is 6.25. The summed E-state index contributed by atoms with van der Waals surface area (Å²) in [5, 5.41) is 14.6. The molecule has 1 heterocycles. The molecule has 8 nitrogen and oxygen atoms in total. The Morgan fingerprint density at radius 1 is 1.26 bits per heavy atom. The van der Waals surface area contributed by atoms with Gasteiger partial charge in [0.25, 0.3) is 5.56 Å². The second-order valence-corrected chi connectivity index (χ2v) is 8.74. The first-order chi connectivity index (χ1) is 16.4. The minimum absolute atomic E-state index is 0.125. The molecule has 0 saturated heterocycles. The number of ether oxygens (including phenoxy) is 2. The Labute approximate surface area is 201 Å². The fraction of sp³-hybridized carbons (Fsp3) is 0.360. The first kappa shape index (κ1) is 23.8. The molecule has 4 rings (SSSR count). The number of para-hydroxylation sites is 1. The van der Waals surface area contributed by atoms with E-state index in [-0.39, 0.29) is 23.0 Å². The molecule has 0 spiro atoms. The van der Waals surface area contributed by atoms with Gasteiger partial charge >= 0.3 is 5.97 Å². The number of benzene rings is 2. The average Bonchev–Trinajstić information content (AvgIpc) is 2.84. The molecule has 9 heteroatoms. The lowest BCUT2D eigenvalue weighted by atomic mass is 9.88. The summed E-state index contributed by atoms with van der Waals surface area (Å²) in [5.41, 5.74) is 0.758. The molecule has 178 valence electrons. The van der Waals surface area contributed by atoms with Crippen molar-refractivity contribution in [2.45, 2.75) is 51.0 Å². The zero-order valence-corrected chi connectivity index (χ0v) is 19.8. The van der Waals surface area contributed by atoms with Crippen LogP contribution in [0.25, 0.3) is 10.9 Å². The third kappa shape index (κ3) is 4.92. The lowest BCUT2D eigenvalue weighted by Gasteiger charge is -2.22. The van der Waals surface area contributed by atoms with Crippen LogP contribution in [0, 0.1) is 0 Å². The average molecular weight is 484 g/mol. The minimum atomic E-state index is -1.13. The maximum atomic E-state index is 13.4. The van der Waals surface area contributed by atoms with E-state index in [1.165, 1.54) is 37.4 Å². The first-order valence-electron chi connectivity index (χ1n) is 11.2. The molecule has 0 bridgehead atoms. The predicted octanol–water partition coefficient (Wildman–Crippen LogP) is 4.84. The first-order valence-corrected chi connectivity index (χ1v) is 11.6. The molecule has 3 aromatic rings. The van der Waals surface area contributed by atoms with Gasteiger partial charge in [0.15, 0.2) is 17.6 Å². The number of hydrogen-bond donors (Lipinski definition) is 1. The van der Waals surface area contributed by atoms with Gasteiger partial charge in [-0.3, -0.25) is 4.79 Å². The molecule has 1 N–H and O–H groups in total. The molecule has 1 saturated carbocycles. The van der Waals surface area contributed by atoms with Crippen molar-refractivity contribution in [3.05, 3.63) is 63.2 Å². The Kier molecular flexibility index (Phi) is 7.17. The topological polar surface area (TPSA) is 103 Å². The lowest BCUT2D eigenvalue weighted by Crippen LogP contribution is -2.25. The highest BCUT2D eigenvalue weighted by Gasteiger charge is 2.23. The number of hydrogen-bond acceptors (Lipinski definition) is 6. The summed E-state index contributed by atoms with van der Waals surface area (Å²) in [5.74, 6) is 0.0504. The van der Waals surface area contributed by atoms with Crippen LogP contribution < -0.4 is 15.0 Å². The third-order valence-electron chi connectivity index (χ3n) is 5.97. The Hall–Kier alpha value is -3.39. The molecular formula is C25H26ClN3O5. The molecule has 0 radical (unpaired) electrons. The normalized spacial score (nSPS) is 15.5. The highest BCUT2D eigenvalue weighted by Crippen LogP contribution is 2.35. The van der Waals surface area contributed by atoms with Gasteiger partial charge in [-0.15, -0.1) is 0 Å². The Morgan fingerprint density at radius 2 is 2.00 bits per heavy atom. The van der Waals surface area contributed by atoms with E-state index in [0.29, 0.717) is 27.3 Å². The quantitative estimate of drug-likeness (QED) is 0.482. The van der Waals surface area contributed by atoms with Crippen molar-refractivity contribution in [2.24, 2.45) is 5.10 Å². The summed E-state index contributed by atoms with van der Waals surface area (Å²) in [6.45, 7) is 1.41. The van der Waals surface area contributed by atoms with Gasteiger partial charge in [0.1, 0.15) is 5.82 Å². The van der Waals surface area contributed by atoms with E-state index in [4.69, 9.17) is 26.1 Å². The van der Waals surface area contributed by atoms with Crippen LogP contribution >= 0.6 is 11.6 Å². The van der Waals surface area contributed by atoms with Crippen molar-refractivity contribution in [1.29, 1.82) is 0 Å². The zero-order chi connectivity index (χ0) is 24.2. The summed E-state index contributed by atoms with van der Waals surface area (Å²) in [4.78, 5) is 29.6. The van der Waals surface area contributed by atoms with Crippen molar-refractivity contribution < 1.29 is 19.4 Å². The van der Waals surface area contributed by atoms with Crippen molar-refractivity contribution in [1.82, 2.24) is 9.66 Å². The number of methoxy groups -OCH3 is 1. The molecule has 1 fully saturated rings. The standard InChI is InChI=1S/C25H26ClN3O5/c1-15(25(31)32)34-22-17(12-18(26)13-21(22)33-2)14-27-29-23(16-8-4-3-5-9-16)28-20-11-7-6-10-19(20)24(29)30/h6-7,10-16H,3-5,8-9H2,1-2H3,(H,31,32)/t15-/m1/s1. The maximum Gasteiger partial charge on any atom is 0.344 e. The predicted molar refractivity (Wildman–Crippen MR) is 131 cm³/mol. The van der Waals surface area contributed by atoms with Gasteiger partial charge in [-0.25, -0.2) is 9.78 Å². The molecule has 0 aliphatic heterocycles. The maximum absolute atomic E-state index is 13.4. The molecule has 1 aliphatic carbocycles. The Bertz CT molecular complexity index is 1300. The monoisotopic (exact) mass is 483 g/mol. The number of aliphatic carboxylic acids is 1. The molecule has 1 aliphatic rings. The number of rotatable bonds is 7. The van der Waals surface area contributed by atoms with Crippen LogP contribution in [0.5, 0.6) is 11.5 Å². The van der Waals surface area contributed by atoms with Gasteiger partial charge < -0.3 is 14.6 Å². The Balaban J connectivity index is 1.85. The van der Waals surface area contributed by atoms with Crippen molar-refractivity contribution in [2.75, 3.05) is 7.11 Å². The van der Waals surface area contributed by atoms with Crippen LogP contribution in [0.3, 0.4) is 0 Å². The van der Waals surface area contributed by atoms with Crippen LogP contribution in [-0.4, -0.2) is 40.2 Å². The summed E-state index contributed by atoms with van der Waals surface area (Å²) in [7, 11) is 1.43. The van der Waals surface area contributed by atoms with Crippen LogP contribution in [0.15, 0.2) is 46.3 Å². The van der Waals surface area contributed by atoms with E-state index in [1.807, 2.05) is 12.1 Å². The lowest BCUT2D eigenvalue weighted by molar-refractivity contribution is -0.144. The van der Waals surface area contributed by atoms with Gasteiger partial charge in [-0.05, 0) is 38.0 Å². The number of carbonyl (C=O) groups is 1. The molecule has 1 aromatic heterocycles. The fourth-order valence-corrected chi connectivity index (χ4v) is 4.40. The highest BCUT2D eigenvalue weighted by atomic mass is 35.5. The van der Waals surface area contributed by atoms with E-state index in [0.717, 1.165) is 25.7 Å². The molecular weight excluding hydrogens is 458 g/mol. The number of carboxylic acids is 1. The number of nitrogens with zero attached hydrogens (tertiary/aromatic N) is 3. The minimum Gasteiger partial charge on any atom is -0.493 e. The van der Waals surface area contributed by atoms with E-state index >= 15 is 0 Å². The zero-order valence-electron chi connectivity index (χ0n) is 19.0. The summed E-state index contributed by atoms with van der Waals surface area (Å²) < 4.78 is 12.3. The summed E-state index contributed by atoms with van der Waals surface area (Å²) in [6, 6.07) is 10.3. The van der Waals surface area contributed by atoms with Gasteiger partial charge in [0.05, 0.1) is 24.2 Å². The van der Waals surface area contributed by atoms with E-state index in [2.05, 4.69) is 5.10 Å². The van der Waals surface area contributed by atoms with E-state index in [1.54, 1.807) is 18.2 Å². The molecule has 0 amide bonds. The van der Waals surface area contributed by atoms with Gasteiger partial charge in [0.2, 0.25) is 0 Å². The van der Waals surface area contributed by atoms with Crippen LogP contribution in [-0.2, 0) is 4.79 Å². The molecule has 34 heavy (non-hydrogen) atoms. The van der Waals surface area contributed by atoms with Crippen LogP contribution in [0.1, 0.15) is 56.3 Å². The second kappa shape index (κ2) is 10.3. The highest BCUT2D eigenvalue weighted by molar-refractivity contribution is 6.31. The van der Waals surface area contributed by atoms with Gasteiger partial charge in [-0.1, -0.05) is 43.0 Å². The Morgan fingerprint density at radius 3 is 2.71 bits per heavy atom. The number of carboxylic acid groups (broad SMARTS) is 1. The number of aromatic nitrogens is 2. The van der Waals surface area contributed by atoms with Crippen molar-refractivity contribution >= 4 is 34.7 Å². The van der Waals surface area contributed by atoms with Gasteiger partial charge in [-0.2, -0.15) is 9.78 Å². The van der Waals surface area contributed by atoms with E-state index in [9.17, 15) is 14.7 Å². The van der Waals surface area contributed by atoms with Gasteiger partial charge in [0, 0.05) is 22.6 Å². The number of fused-ring (bicyclic) bond motifs is 1. The molecule has 2 aromatic carbocycles. The SMILES string of the molecule is COc1cc(Cl)cc(C=Nn2c(C3CCCCC3)nc3ccccc3c2=O)c1O[C@H](C)C(=O)O. The third-order valence-corrected chi connectivity index (χ3v) is 6.19. The molecule has 0 unspecified atom stereocenters. The second-order valence-electron chi connectivity index (χ2n) is 8.31. The largest absolute Gasteiger partial charge is 0.493 e. The number of halogens is 1. The smallest absolute Gasteiger partial charge is 0.344 e. The van der Waals surface area contributed by atoms with Crippen LogP contribution in [0.4, 0.5) is 0 Å². The van der Waals surface area contributed by atoms with E-state index < -0.39 is 12.1 Å². The van der Waals surface area contributed by atoms with Crippen molar-refractivity contribution in [3.63, 3.8) is 0 Å². The summed E-state index contributed by atoms with van der Waals surface area (Å²) in [6.07, 6.45) is 5.50. The van der Waals surface area contributed by atoms with Crippen molar-refractivity contribution in [3.8, 4) is 11.5 Å². The van der Waals surface area contributed by atoms with Crippen LogP contribution in [0.2, 0.25) is 5.02 Å². The molecule has 1 atom stereocenters. The fourth-order valence-electron chi connectivity index (χ4n) is 4.19.